The van der Waals surface area contributed by atoms with Crippen molar-refractivity contribution in [1.82, 2.24) is 9.78 Å². The normalized spacial score (nSPS) is 10.3. The number of hydrogen-bond donors (Lipinski definition) is 1. The van der Waals surface area contributed by atoms with E-state index in [1.807, 2.05) is 24.3 Å². The number of methoxy groups -OCH3 is 1. The Bertz CT molecular complexity index is 481. The molecule has 4 nitrogen and oxygen atoms in total. The molecule has 2 aromatic rings. The lowest BCUT2D eigenvalue weighted by Gasteiger charge is -2.05. The fourth-order valence-electron chi connectivity index (χ4n) is 1.29. The maximum atomic E-state index is 5.82. The Kier molecular flexibility index (Phi) is 2.64. The van der Waals surface area contributed by atoms with Crippen molar-refractivity contribution >= 4 is 21.7 Å². The van der Waals surface area contributed by atoms with Crippen LogP contribution in [-0.4, -0.2) is 16.9 Å². The third kappa shape index (κ3) is 1.83. The molecule has 15 heavy (non-hydrogen) atoms. The molecule has 0 fully saturated rings. The Morgan fingerprint density at radius 2 is 2.13 bits per heavy atom. The van der Waals surface area contributed by atoms with Gasteiger partial charge in [-0.3, -0.25) is 0 Å². The van der Waals surface area contributed by atoms with E-state index in [4.69, 9.17) is 10.5 Å². The SMILES string of the molecule is COc1cc(N)n(-c2ccccc2Br)n1. The number of para-hydroxylation sites is 1. The highest BCUT2D eigenvalue weighted by molar-refractivity contribution is 9.10. The quantitative estimate of drug-likeness (QED) is 0.908. The van der Waals surface area contributed by atoms with E-state index in [0.717, 1.165) is 10.2 Å². The van der Waals surface area contributed by atoms with Crippen molar-refractivity contribution in [3.05, 3.63) is 34.8 Å². The minimum absolute atomic E-state index is 0.503. The molecular formula is C10H10BrN3O. The first-order valence-corrected chi connectivity index (χ1v) is 5.16. The zero-order chi connectivity index (χ0) is 10.8. The highest BCUT2D eigenvalue weighted by atomic mass is 79.9. The summed E-state index contributed by atoms with van der Waals surface area (Å²) >= 11 is 3.44. The second-order valence-electron chi connectivity index (χ2n) is 2.97. The zero-order valence-electron chi connectivity index (χ0n) is 8.14. The minimum atomic E-state index is 0.503. The van der Waals surface area contributed by atoms with Crippen molar-refractivity contribution in [1.29, 1.82) is 0 Å². The first-order chi connectivity index (χ1) is 7.22. The lowest BCUT2D eigenvalue weighted by Crippen LogP contribution is -2.02. The third-order valence-corrected chi connectivity index (χ3v) is 2.67. The molecule has 0 saturated heterocycles. The van der Waals surface area contributed by atoms with E-state index in [1.54, 1.807) is 17.9 Å². The maximum absolute atomic E-state index is 5.82. The molecule has 0 saturated carbocycles. The summed E-state index contributed by atoms with van der Waals surface area (Å²) in [6.45, 7) is 0. The molecule has 0 bridgehead atoms. The highest BCUT2D eigenvalue weighted by Gasteiger charge is 2.08. The van der Waals surface area contributed by atoms with Gasteiger partial charge in [0.05, 0.1) is 12.8 Å². The minimum Gasteiger partial charge on any atom is -0.480 e. The molecule has 1 heterocycles. The van der Waals surface area contributed by atoms with Crippen LogP contribution in [0.4, 0.5) is 5.82 Å². The van der Waals surface area contributed by atoms with Gasteiger partial charge in [0.2, 0.25) is 5.88 Å². The maximum Gasteiger partial charge on any atom is 0.235 e. The van der Waals surface area contributed by atoms with Gasteiger partial charge >= 0.3 is 0 Å². The molecule has 0 atom stereocenters. The third-order valence-electron chi connectivity index (χ3n) is 2.00. The molecule has 1 aromatic carbocycles. The van der Waals surface area contributed by atoms with Gasteiger partial charge in [0.25, 0.3) is 0 Å². The van der Waals surface area contributed by atoms with E-state index in [-0.39, 0.29) is 0 Å². The van der Waals surface area contributed by atoms with Gasteiger partial charge in [0.1, 0.15) is 5.82 Å². The van der Waals surface area contributed by atoms with Gasteiger partial charge in [-0.2, -0.15) is 0 Å². The highest BCUT2D eigenvalue weighted by Crippen LogP contribution is 2.24. The van der Waals surface area contributed by atoms with E-state index in [2.05, 4.69) is 21.0 Å². The number of nitrogens with two attached hydrogens (primary N) is 1. The van der Waals surface area contributed by atoms with Crippen molar-refractivity contribution in [2.24, 2.45) is 0 Å². The van der Waals surface area contributed by atoms with Gasteiger partial charge < -0.3 is 10.5 Å². The molecule has 0 unspecified atom stereocenters. The second kappa shape index (κ2) is 3.94. The van der Waals surface area contributed by atoms with Crippen LogP contribution in [0.2, 0.25) is 0 Å². The van der Waals surface area contributed by atoms with Crippen molar-refractivity contribution in [2.75, 3.05) is 12.8 Å². The van der Waals surface area contributed by atoms with Crippen LogP contribution in [0.1, 0.15) is 0 Å². The fourth-order valence-corrected chi connectivity index (χ4v) is 1.74. The van der Waals surface area contributed by atoms with Crippen LogP contribution in [-0.2, 0) is 0 Å². The molecule has 0 aliphatic heterocycles. The summed E-state index contributed by atoms with van der Waals surface area (Å²) in [7, 11) is 1.56. The first kappa shape index (κ1) is 10.0. The summed E-state index contributed by atoms with van der Waals surface area (Å²) in [5.74, 6) is 1.04. The van der Waals surface area contributed by atoms with Crippen LogP contribution in [0.3, 0.4) is 0 Å². The Balaban J connectivity index is 2.54. The van der Waals surface area contributed by atoms with Gasteiger partial charge in [-0.05, 0) is 28.1 Å². The van der Waals surface area contributed by atoms with Gasteiger partial charge in [-0.15, -0.1) is 5.10 Å². The zero-order valence-corrected chi connectivity index (χ0v) is 9.73. The van der Waals surface area contributed by atoms with Crippen molar-refractivity contribution in [2.45, 2.75) is 0 Å². The van der Waals surface area contributed by atoms with Crippen LogP contribution < -0.4 is 10.5 Å². The lowest BCUT2D eigenvalue weighted by atomic mass is 10.3. The number of aromatic nitrogens is 2. The van der Waals surface area contributed by atoms with Crippen LogP contribution in [0.15, 0.2) is 34.8 Å². The summed E-state index contributed by atoms with van der Waals surface area (Å²) < 4.78 is 7.57. The molecule has 0 amide bonds. The second-order valence-corrected chi connectivity index (χ2v) is 3.83. The molecule has 0 radical (unpaired) electrons. The lowest BCUT2D eigenvalue weighted by molar-refractivity contribution is 0.394. The molecule has 0 spiro atoms. The fraction of sp³-hybridized carbons (Fsp3) is 0.100. The van der Waals surface area contributed by atoms with Gasteiger partial charge in [-0.1, -0.05) is 12.1 Å². The molecular weight excluding hydrogens is 258 g/mol. The van der Waals surface area contributed by atoms with Crippen molar-refractivity contribution in [3.63, 3.8) is 0 Å². The van der Waals surface area contributed by atoms with E-state index in [9.17, 15) is 0 Å². The van der Waals surface area contributed by atoms with Crippen LogP contribution in [0.5, 0.6) is 5.88 Å². The van der Waals surface area contributed by atoms with Gasteiger partial charge in [-0.25, -0.2) is 4.68 Å². The van der Waals surface area contributed by atoms with E-state index < -0.39 is 0 Å². The van der Waals surface area contributed by atoms with Crippen molar-refractivity contribution < 1.29 is 4.74 Å². The van der Waals surface area contributed by atoms with Gasteiger partial charge in [0, 0.05) is 10.5 Å². The summed E-state index contributed by atoms with van der Waals surface area (Å²) in [5, 5.41) is 4.20. The number of rotatable bonds is 2. The Morgan fingerprint density at radius 1 is 1.40 bits per heavy atom. The Morgan fingerprint density at radius 3 is 2.73 bits per heavy atom. The molecule has 78 valence electrons. The molecule has 0 aliphatic rings. The van der Waals surface area contributed by atoms with Crippen LogP contribution >= 0.6 is 15.9 Å². The first-order valence-electron chi connectivity index (χ1n) is 4.37. The Labute approximate surface area is 95.8 Å². The Hall–Kier alpha value is -1.49. The summed E-state index contributed by atoms with van der Waals surface area (Å²) in [4.78, 5) is 0. The number of anilines is 1. The number of benzene rings is 1. The number of hydrogen-bond acceptors (Lipinski definition) is 3. The van der Waals surface area contributed by atoms with Crippen LogP contribution in [0, 0.1) is 0 Å². The molecule has 0 aliphatic carbocycles. The monoisotopic (exact) mass is 267 g/mol. The molecule has 5 heteroatoms. The standard InChI is InChI=1S/C10H10BrN3O/c1-15-10-6-9(12)14(13-10)8-5-3-2-4-7(8)11/h2-6H,12H2,1H3. The van der Waals surface area contributed by atoms with Crippen molar-refractivity contribution in [3.8, 4) is 11.6 Å². The average molecular weight is 268 g/mol. The number of halogens is 1. The average Bonchev–Trinajstić information content (AvgIpc) is 2.60. The summed E-state index contributed by atoms with van der Waals surface area (Å²) in [5.41, 5.74) is 6.70. The predicted molar refractivity (Wildman–Crippen MR) is 62.2 cm³/mol. The largest absolute Gasteiger partial charge is 0.480 e. The van der Waals surface area contributed by atoms with Gasteiger partial charge in [0.15, 0.2) is 0 Å². The molecule has 2 rings (SSSR count). The summed E-state index contributed by atoms with van der Waals surface area (Å²) in [6, 6.07) is 9.40. The van der Waals surface area contributed by atoms with E-state index in [1.165, 1.54) is 0 Å². The predicted octanol–water partition coefficient (Wildman–Crippen LogP) is 2.23. The smallest absolute Gasteiger partial charge is 0.235 e. The topological polar surface area (TPSA) is 53.1 Å². The summed E-state index contributed by atoms with van der Waals surface area (Å²) in [6.07, 6.45) is 0. The molecule has 1 aromatic heterocycles. The molecule has 2 N–H and O–H groups in total. The number of nitrogen functional groups attached to an aromatic ring is 1. The number of nitrogens with zero attached hydrogens (tertiary/aromatic N) is 2. The van der Waals surface area contributed by atoms with E-state index in [0.29, 0.717) is 11.7 Å². The van der Waals surface area contributed by atoms with Crippen LogP contribution in [0.25, 0.3) is 5.69 Å². The van der Waals surface area contributed by atoms with E-state index >= 15 is 0 Å². The number of ether oxygens (including phenoxy) is 1.